The van der Waals surface area contributed by atoms with Crippen LogP contribution in [-0.2, 0) is 57.0 Å². The van der Waals surface area contributed by atoms with E-state index in [2.05, 4.69) is 17.1 Å². The molecule has 8 rings (SSSR count). The van der Waals surface area contributed by atoms with Crippen molar-refractivity contribution in [1.29, 1.82) is 0 Å². The molecule has 14 nitrogen and oxygen atoms in total. The van der Waals surface area contributed by atoms with Crippen LogP contribution in [0.4, 0.5) is 11.4 Å². The largest absolute Gasteiger partial charge is 0.344 e. The van der Waals surface area contributed by atoms with E-state index in [0.717, 1.165) is 54.8 Å². The summed E-state index contributed by atoms with van der Waals surface area (Å²) in [6.45, 7) is 3.07. The zero-order valence-electron chi connectivity index (χ0n) is 28.7. The van der Waals surface area contributed by atoms with Crippen molar-refractivity contribution in [1.82, 2.24) is 19.8 Å². The number of thiazole rings is 2. The van der Waals surface area contributed by atoms with Crippen molar-refractivity contribution in [2.24, 2.45) is 0 Å². The summed E-state index contributed by atoms with van der Waals surface area (Å²) in [5.74, 6) is -0.306. The van der Waals surface area contributed by atoms with Crippen LogP contribution in [-0.4, -0.2) is 94.3 Å². The minimum Gasteiger partial charge on any atom is -0.324 e. The lowest BCUT2D eigenvalue weighted by Crippen LogP contribution is -2.31. The van der Waals surface area contributed by atoms with Gasteiger partial charge in [-0.2, -0.15) is 0 Å². The summed E-state index contributed by atoms with van der Waals surface area (Å²) in [5.41, 5.74) is 7.68. The molecule has 0 bridgehead atoms. The first-order valence-corrected chi connectivity index (χ1v) is 22.1. The van der Waals surface area contributed by atoms with Gasteiger partial charge in [-0.1, -0.05) is 24.3 Å². The van der Waals surface area contributed by atoms with Crippen LogP contribution in [0.5, 0.6) is 0 Å². The van der Waals surface area contributed by atoms with Crippen LogP contribution in [0, 0.1) is 0 Å². The first-order chi connectivity index (χ1) is 24.9. The van der Waals surface area contributed by atoms with Crippen molar-refractivity contribution < 1.29 is 37.6 Å². The Morgan fingerprint density at radius 1 is 0.712 bits per heavy atom. The zero-order valence-corrected chi connectivity index (χ0v) is 32.1. The molecule has 18 heteroatoms. The Hall–Kier alpha value is -3.14. The Morgan fingerprint density at radius 3 is 1.62 bits per heavy atom. The van der Waals surface area contributed by atoms with Crippen molar-refractivity contribution in [2.45, 2.75) is 38.8 Å². The summed E-state index contributed by atoms with van der Waals surface area (Å²) in [4.78, 5) is 65.3. The van der Waals surface area contributed by atoms with E-state index >= 15 is 0 Å². The summed E-state index contributed by atoms with van der Waals surface area (Å²) in [7, 11) is -4.62. The molecule has 0 radical (unpaired) electrons. The van der Waals surface area contributed by atoms with Crippen LogP contribution in [0.3, 0.4) is 0 Å². The van der Waals surface area contributed by atoms with Gasteiger partial charge in [-0.25, -0.2) is 9.97 Å². The second-order valence-electron chi connectivity index (χ2n) is 13.3. The van der Waals surface area contributed by atoms with E-state index in [9.17, 15) is 28.5 Å². The summed E-state index contributed by atoms with van der Waals surface area (Å²) < 4.78 is 34.5. The molecule has 0 saturated heterocycles. The molecule has 52 heavy (non-hydrogen) atoms. The Balaban J connectivity index is 1.01. The van der Waals surface area contributed by atoms with Crippen molar-refractivity contribution in [3.05, 3.63) is 78.7 Å². The summed E-state index contributed by atoms with van der Waals surface area (Å²) >= 11 is 2.69. The fourth-order valence-corrected chi connectivity index (χ4v) is 11.7. The Kier molecular flexibility index (Phi) is 9.61. The van der Waals surface area contributed by atoms with Crippen LogP contribution in [0.25, 0.3) is 11.1 Å². The Bertz CT molecular complexity index is 2180. The lowest BCUT2D eigenvalue weighted by Gasteiger charge is -2.28. The topological polar surface area (TPSA) is 166 Å². The fraction of sp³-hybridized carbons (Fsp3) is 0.412. The van der Waals surface area contributed by atoms with E-state index < -0.39 is 15.2 Å². The summed E-state index contributed by atoms with van der Waals surface area (Å²) in [6, 6.07) is 12.0. The number of rotatable bonds is 9. The third kappa shape index (κ3) is 6.75. The summed E-state index contributed by atoms with van der Waals surface area (Å²) in [6.07, 6.45) is 2.41. The minimum atomic E-state index is -4.18. The summed E-state index contributed by atoms with van der Waals surface area (Å²) in [5, 5.41) is 0.831. The molecule has 0 spiro atoms. The molecule has 4 aromatic rings. The number of carbonyl (C=O) groups excluding carboxylic acids is 2. The molecule has 2 aromatic heterocycles. The Labute approximate surface area is 308 Å². The molecule has 2 N–H and O–H groups in total. The van der Waals surface area contributed by atoms with Gasteiger partial charge in [0.1, 0.15) is 12.6 Å². The highest BCUT2D eigenvalue weighted by Gasteiger charge is 2.36. The lowest BCUT2D eigenvalue weighted by atomic mass is 9.93. The molecular formula is C34H38N6O8P2S2. The van der Waals surface area contributed by atoms with Crippen molar-refractivity contribution in [2.75, 3.05) is 62.8 Å². The molecule has 2 amide bonds. The van der Waals surface area contributed by atoms with Crippen molar-refractivity contribution in [3.63, 3.8) is 0 Å². The number of anilines is 2. The highest BCUT2D eigenvalue weighted by atomic mass is 32.1. The van der Waals surface area contributed by atoms with Gasteiger partial charge in [0.25, 0.3) is 11.8 Å². The molecule has 274 valence electrons. The molecule has 4 aliphatic rings. The van der Waals surface area contributed by atoms with Crippen LogP contribution in [0.2, 0.25) is 0 Å². The highest BCUT2D eigenvalue weighted by Crippen LogP contribution is 2.48. The number of aromatic nitrogens is 2. The van der Waals surface area contributed by atoms with Crippen LogP contribution < -0.4 is 9.80 Å². The molecule has 4 aliphatic heterocycles. The average molecular weight is 785 g/mol. The smallest absolute Gasteiger partial charge is 0.324 e. The molecule has 0 saturated carbocycles. The van der Waals surface area contributed by atoms with Crippen LogP contribution in [0.15, 0.2) is 36.4 Å². The highest BCUT2D eigenvalue weighted by molar-refractivity contribution is 7.53. The monoisotopic (exact) mass is 784 g/mol. The van der Waals surface area contributed by atoms with Gasteiger partial charge in [0, 0.05) is 87.5 Å². The zero-order chi connectivity index (χ0) is 36.4. The second kappa shape index (κ2) is 13.9. The first kappa shape index (κ1) is 35.9. The molecule has 0 unspecified atom stereocenters. The van der Waals surface area contributed by atoms with Crippen molar-refractivity contribution >= 4 is 61.1 Å². The van der Waals surface area contributed by atoms with Crippen LogP contribution in [0.1, 0.15) is 51.9 Å². The molecule has 0 atom stereocenters. The van der Waals surface area contributed by atoms with Gasteiger partial charge in [0.15, 0.2) is 10.0 Å². The van der Waals surface area contributed by atoms with Gasteiger partial charge in [-0.3, -0.25) is 28.5 Å². The van der Waals surface area contributed by atoms with Gasteiger partial charge in [0.05, 0.1) is 11.4 Å². The van der Waals surface area contributed by atoms with Crippen LogP contribution >= 0.6 is 37.9 Å². The van der Waals surface area contributed by atoms with E-state index in [4.69, 9.17) is 14.0 Å². The number of hydrogen-bond acceptors (Lipinski definition) is 12. The number of carbonyl (C=O) groups is 2. The predicted octanol–water partition coefficient (Wildman–Crippen LogP) is 4.97. The van der Waals surface area contributed by atoms with E-state index in [0.29, 0.717) is 75.0 Å². The second-order valence-corrected chi connectivity index (χ2v) is 19.3. The van der Waals surface area contributed by atoms with Gasteiger partial charge >= 0.3 is 15.2 Å². The van der Waals surface area contributed by atoms with E-state index in [1.54, 1.807) is 9.80 Å². The number of hydrogen-bond donors (Lipinski definition) is 2. The van der Waals surface area contributed by atoms with Gasteiger partial charge in [-0.15, -0.1) is 22.7 Å². The fourth-order valence-electron chi connectivity index (χ4n) is 7.64. The third-order valence-electron chi connectivity index (χ3n) is 10.1. The lowest BCUT2D eigenvalue weighted by molar-refractivity contribution is 0.0981. The van der Waals surface area contributed by atoms with Gasteiger partial charge in [0.2, 0.25) is 0 Å². The standard InChI is InChI=1S/C34H38N6O8P2S2/c1-47-50(46,48-2)20-38-14-12-26-30(18-38)52-32(36-26)34(42)40-16-10-24-22(6-4-8-28(24)40)21-5-3-7-27-23(21)9-15-39(27)33(41)31-35-25-11-13-37(17-29(25)51-31)19-49(43,44)45/h3-8H,9-20H2,1-2H3,(H2,43,44,45). The average Bonchev–Trinajstić information content (AvgIpc) is 3.94. The number of nitrogens with zero attached hydrogens (tertiary/aromatic N) is 6. The maximum absolute atomic E-state index is 14.0. The molecule has 2 aromatic carbocycles. The quantitative estimate of drug-likeness (QED) is 0.219. The number of benzene rings is 2. The molecule has 6 heterocycles. The van der Waals surface area contributed by atoms with Gasteiger partial charge in [-0.05, 0) is 47.2 Å². The Morgan fingerprint density at radius 2 is 1.17 bits per heavy atom. The number of fused-ring (bicyclic) bond motifs is 4. The first-order valence-electron chi connectivity index (χ1n) is 17.0. The van der Waals surface area contributed by atoms with E-state index in [-0.39, 0.29) is 24.4 Å². The van der Waals surface area contributed by atoms with Gasteiger partial charge < -0.3 is 28.6 Å². The van der Waals surface area contributed by atoms with E-state index in [1.807, 2.05) is 34.1 Å². The molecule has 0 aliphatic carbocycles. The third-order valence-corrected chi connectivity index (χ3v) is 14.9. The predicted molar refractivity (Wildman–Crippen MR) is 198 cm³/mol. The van der Waals surface area contributed by atoms with E-state index in [1.165, 1.54) is 36.9 Å². The molecule has 0 fully saturated rings. The normalized spacial score (nSPS) is 17.6. The minimum absolute atomic E-state index is 0.132. The van der Waals surface area contributed by atoms with Crippen molar-refractivity contribution in [3.8, 4) is 11.1 Å². The number of amides is 2. The maximum atomic E-state index is 14.0. The SMILES string of the molecule is COP(=O)(CN1CCc2nc(C(=O)N3CCc4c(-c5cccc6c5CCN6C(=O)c5nc6c(s5)CN(CP(=O)(O)O)CC6)cccc43)sc2C1)OC. The maximum Gasteiger partial charge on any atom is 0.344 e. The molecular weight excluding hydrogens is 746 g/mol.